The molecule has 0 spiro atoms. The van der Waals surface area contributed by atoms with Crippen molar-refractivity contribution in [3.63, 3.8) is 0 Å². The Bertz CT molecular complexity index is 724. The maximum atomic E-state index is 12.9. The topological polar surface area (TPSA) is 102 Å². The second-order valence-corrected chi connectivity index (χ2v) is 8.07. The molecule has 158 valence electrons. The van der Waals surface area contributed by atoms with E-state index >= 15 is 0 Å². The number of hydrogen-bond acceptors (Lipinski definition) is 5. The van der Waals surface area contributed by atoms with Crippen LogP contribution in [0.4, 0.5) is 0 Å². The number of hydrogen-bond donors (Lipinski definition) is 2. The molecule has 1 aliphatic carbocycles. The first-order valence-electron chi connectivity index (χ1n) is 10.5. The van der Waals surface area contributed by atoms with Crippen LogP contribution in [0.25, 0.3) is 0 Å². The van der Waals surface area contributed by atoms with Gasteiger partial charge in [-0.1, -0.05) is 36.8 Å². The maximum Gasteiger partial charge on any atom is 0.310 e. The van der Waals surface area contributed by atoms with Gasteiger partial charge in [-0.25, -0.2) is 0 Å². The summed E-state index contributed by atoms with van der Waals surface area (Å²) in [5, 5.41) is 3.00. The second-order valence-electron chi connectivity index (χ2n) is 8.07. The van der Waals surface area contributed by atoms with Crippen molar-refractivity contribution in [1.29, 1.82) is 0 Å². The third-order valence-corrected chi connectivity index (χ3v) is 6.00. The predicted molar refractivity (Wildman–Crippen MR) is 109 cm³/mol. The lowest BCUT2D eigenvalue weighted by molar-refractivity contribution is -0.146. The van der Waals surface area contributed by atoms with Crippen LogP contribution in [0.3, 0.4) is 0 Å². The fourth-order valence-electron chi connectivity index (χ4n) is 4.51. The first-order chi connectivity index (χ1) is 14.0. The molecule has 0 aromatic heterocycles. The Labute approximate surface area is 172 Å². The lowest BCUT2D eigenvalue weighted by Gasteiger charge is -2.27. The fourth-order valence-corrected chi connectivity index (χ4v) is 4.51. The molecule has 0 radical (unpaired) electrons. The minimum Gasteiger partial charge on any atom is -0.469 e. The van der Waals surface area contributed by atoms with Gasteiger partial charge in [-0.15, -0.1) is 0 Å². The van der Waals surface area contributed by atoms with Crippen LogP contribution >= 0.6 is 0 Å². The molecule has 2 unspecified atom stereocenters. The maximum absolute atomic E-state index is 12.9. The van der Waals surface area contributed by atoms with Crippen molar-refractivity contribution in [3.8, 4) is 0 Å². The van der Waals surface area contributed by atoms with Crippen LogP contribution < -0.4 is 11.1 Å². The van der Waals surface area contributed by atoms with Gasteiger partial charge in [0.05, 0.1) is 13.0 Å². The van der Waals surface area contributed by atoms with E-state index in [2.05, 4.69) is 5.32 Å². The van der Waals surface area contributed by atoms with E-state index < -0.39 is 6.04 Å². The SMILES string of the molecule is COC(=O)C1CCCC1NC(=O)[C@@H]1CCCN1C(=O)C[C@H](N)Cc1ccccc1. The first kappa shape index (κ1) is 21.3. The van der Waals surface area contributed by atoms with Crippen LogP contribution in [0.2, 0.25) is 0 Å². The zero-order chi connectivity index (χ0) is 20.8. The number of nitrogens with two attached hydrogens (primary N) is 1. The molecule has 29 heavy (non-hydrogen) atoms. The molecular formula is C22H31N3O4. The highest BCUT2D eigenvalue weighted by Gasteiger charge is 2.39. The Balaban J connectivity index is 1.55. The number of esters is 1. The Kier molecular flexibility index (Phi) is 7.25. The molecule has 1 heterocycles. The first-order valence-corrected chi connectivity index (χ1v) is 10.5. The van der Waals surface area contributed by atoms with Crippen molar-refractivity contribution in [2.75, 3.05) is 13.7 Å². The lowest BCUT2D eigenvalue weighted by Crippen LogP contribution is -2.51. The van der Waals surface area contributed by atoms with Crippen LogP contribution in [0.5, 0.6) is 0 Å². The summed E-state index contributed by atoms with van der Waals surface area (Å²) in [7, 11) is 1.37. The minimum absolute atomic E-state index is 0.0815. The third kappa shape index (κ3) is 5.35. The molecule has 1 aliphatic heterocycles. The molecular weight excluding hydrogens is 370 g/mol. The molecule has 2 aliphatic rings. The fraction of sp³-hybridized carbons (Fsp3) is 0.591. The average molecular weight is 402 g/mol. The largest absolute Gasteiger partial charge is 0.469 e. The molecule has 0 bridgehead atoms. The van der Waals surface area contributed by atoms with Gasteiger partial charge in [-0.3, -0.25) is 14.4 Å². The molecule has 1 saturated carbocycles. The van der Waals surface area contributed by atoms with E-state index in [1.54, 1.807) is 4.90 Å². The summed E-state index contributed by atoms with van der Waals surface area (Å²) in [6.45, 7) is 0.570. The molecule has 7 nitrogen and oxygen atoms in total. The van der Waals surface area contributed by atoms with Crippen molar-refractivity contribution in [3.05, 3.63) is 35.9 Å². The number of carbonyl (C=O) groups is 3. The summed E-state index contributed by atoms with van der Waals surface area (Å²) in [6.07, 6.45) is 4.64. The number of carbonyl (C=O) groups excluding carboxylic acids is 3. The average Bonchev–Trinajstić information content (AvgIpc) is 3.37. The smallest absolute Gasteiger partial charge is 0.310 e. The van der Waals surface area contributed by atoms with E-state index in [9.17, 15) is 14.4 Å². The Morgan fingerprint density at radius 3 is 2.66 bits per heavy atom. The molecule has 7 heteroatoms. The molecule has 1 aromatic carbocycles. The van der Waals surface area contributed by atoms with E-state index in [-0.39, 0.29) is 42.2 Å². The van der Waals surface area contributed by atoms with Gasteiger partial charge in [-0.2, -0.15) is 0 Å². The van der Waals surface area contributed by atoms with E-state index in [1.807, 2.05) is 30.3 Å². The van der Waals surface area contributed by atoms with Gasteiger partial charge in [0.2, 0.25) is 11.8 Å². The van der Waals surface area contributed by atoms with Crippen LogP contribution in [-0.4, -0.2) is 54.5 Å². The Morgan fingerprint density at radius 1 is 1.17 bits per heavy atom. The monoisotopic (exact) mass is 401 g/mol. The molecule has 2 amide bonds. The van der Waals surface area contributed by atoms with Gasteiger partial charge >= 0.3 is 5.97 Å². The quantitative estimate of drug-likeness (QED) is 0.673. The zero-order valence-electron chi connectivity index (χ0n) is 17.0. The van der Waals surface area contributed by atoms with Gasteiger partial charge in [0.15, 0.2) is 0 Å². The van der Waals surface area contributed by atoms with Crippen molar-refractivity contribution >= 4 is 17.8 Å². The van der Waals surface area contributed by atoms with E-state index in [1.165, 1.54) is 7.11 Å². The van der Waals surface area contributed by atoms with E-state index in [0.717, 1.165) is 31.2 Å². The van der Waals surface area contributed by atoms with Gasteiger partial charge in [-0.05, 0) is 37.7 Å². The Hall–Kier alpha value is -2.41. The molecule has 3 N–H and O–H groups in total. The summed E-state index contributed by atoms with van der Waals surface area (Å²) in [5.74, 6) is -0.830. The standard InChI is InChI=1S/C22H31N3O4/c1-29-22(28)17-9-5-10-18(17)24-21(27)19-11-6-12-25(19)20(26)14-16(23)13-15-7-3-2-4-8-15/h2-4,7-8,16-19H,5-6,9-14,23H2,1H3,(H,24,27)/t16-,17?,18?,19+/m1/s1. The van der Waals surface area contributed by atoms with E-state index in [4.69, 9.17) is 10.5 Å². The normalized spacial score (nSPS) is 24.9. The summed E-state index contributed by atoms with van der Waals surface area (Å²) < 4.78 is 4.85. The van der Waals surface area contributed by atoms with Crippen LogP contribution in [-0.2, 0) is 25.5 Å². The minimum atomic E-state index is -0.481. The number of rotatable bonds is 7. The van der Waals surface area contributed by atoms with Gasteiger partial charge < -0.3 is 20.7 Å². The zero-order valence-corrected chi connectivity index (χ0v) is 17.0. The summed E-state index contributed by atoms with van der Waals surface area (Å²) in [4.78, 5) is 39.2. The van der Waals surface area contributed by atoms with Crippen molar-refractivity contribution < 1.29 is 19.1 Å². The highest BCUT2D eigenvalue weighted by atomic mass is 16.5. The highest BCUT2D eigenvalue weighted by molar-refractivity contribution is 5.89. The second kappa shape index (κ2) is 9.87. The van der Waals surface area contributed by atoms with Crippen LogP contribution in [0.15, 0.2) is 30.3 Å². The number of benzene rings is 1. The van der Waals surface area contributed by atoms with Gasteiger partial charge in [0.1, 0.15) is 6.04 Å². The van der Waals surface area contributed by atoms with Crippen LogP contribution in [0.1, 0.15) is 44.1 Å². The van der Waals surface area contributed by atoms with Crippen molar-refractivity contribution in [2.45, 2.75) is 63.1 Å². The van der Waals surface area contributed by atoms with Crippen molar-refractivity contribution in [2.24, 2.45) is 11.7 Å². The predicted octanol–water partition coefficient (Wildman–Crippen LogP) is 1.40. The number of methoxy groups -OCH3 is 1. The third-order valence-electron chi connectivity index (χ3n) is 6.00. The molecule has 2 fully saturated rings. The highest BCUT2D eigenvalue weighted by Crippen LogP contribution is 2.28. The summed E-state index contributed by atoms with van der Waals surface area (Å²) in [5.41, 5.74) is 7.29. The number of likely N-dealkylation sites (tertiary alicyclic amines) is 1. The van der Waals surface area contributed by atoms with Gasteiger partial charge in [0.25, 0.3) is 0 Å². The van der Waals surface area contributed by atoms with Gasteiger partial charge in [0, 0.05) is 25.0 Å². The number of nitrogens with one attached hydrogen (secondary N) is 1. The lowest BCUT2D eigenvalue weighted by atomic mass is 10.0. The molecule has 4 atom stereocenters. The number of ether oxygens (including phenoxy) is 1. The molecule has 1 saturated heterocycles. The number of nitrogens with zero attached hydrogens (tertiary/aromatic N) is 1. The molecule has 1 aromatic rings. The van der Waals surface area contributed by atoms with Crippen LogP contribution in [0, 0.1) is 5.92 Å². The van der Waals surface area contributed by atoms with E-state index in [0.29, 0.717) is 19.4 Å². The summed E-state index contributed by atoms with van der Waals surface area (Å²) in [6, 6.07) is 8.87. The molecule has 3 rings (SSSR count). The Morgan fingerprint density at radius 2 is 1.93 bits per heavy atom. The van der Waals surface area contributed by atoms with Crippen molar-refractivity contribution in [1.82, 2.24) is 10.2 Å². The number of amides is 2. The summed E-state index contributed by atoms with van der Waals surface area (Å²) >= 11 is 0.